The van der Waals surface area contributed by atoms with Crippen molar-refractivity contribution in [1.29, 1.82) is 0 Å². The molecule has 100 valence electrons. The van der Waals surface area contributed by atoms with Crippen molar-refractivity contribution in [3.05, 3.63) is 47.8 Å². The summed E-state index contributed by atoms with van der Waals surface area (Å²) in [5.41, 5.74) is 3.65. The van der Waals surface area contributed by atoms with Crippen molar-refractivity contribution in [3.8, 4) is 5.69 Å². The lowest BCUT2D eigenvalue weighted by molar-refractivity contribution is 0.665. The lowest BCUT2D eigenvalue weighted by Crippen LogP contribution is -2.15. The Hall–Kier alpha value is -1.61. The Labute approximate surface area is 114 Å². The van der Waals surface area contributed by atoms with E-state index in [2.05, 4.69) is 47.7 Å². The summed E-state index contributed by atoms with van der Waals surface area (Å²) in [7, 11) is 0. The van der Waals surface area contributed by atoms with Crippen molar-refractivity contribution in [2.24, 2.45) is 0 Å². The van der Waals surface area contributed by atoms with E-state index in [1.807, 2.05) is 10.9 Å². The molecule has 1 N–H and O–H groups in total. The monoisotopic (exact) mass is 255 g/mol. The molecule has 2 aromatic rings. The minimum absolute atomic E-state index is 0.735. The van der Waals surface area contributed by atoms with Gasteiger partial charge in [-0.25, -0.2) is 4.68 Å². The predicted octanol–water partition coefficient (Wildman–Crippen LogP) is 3.08. The molecular formula is C16H21N3. The third-order valence-corrected chi connectivity index (χ3v) is 3.53. The number of hydrogen-bond acceptors (Lipinski definition) is 2. The Morgan fingerprint density at radius 2 is 2.00 bits per heavy atom. The van der Waals surface area contributed by atoms with Gasteiger partial charge in [-0.05, 0) is 43.0 Å². The van der Waals surface area contributed by atoms with Crippen molar-refractivity contribution in [1.82, 2.24) is 15.1 Å². The molecule has 1 aromatic carbocycles. The van der Waals surface area contributed by atoms with E-state index in [0.717, 1.165) is 30.4 Å². The summed E-state index contributed by atoms with van der Waals surface area (Å²) < 4.78 is 1.96. The molecule has 0 bridgehead atoms. The zero-order valence-electron chi connectivity index (χ0n) is 11.5. The molecule has 1 aromatic heterocycles. The summed E-state index contributed by atoms with van der Waals surface area (Å²) in [5, 5.41) is 8.10. The number of nitrogens with zero attached hydrogens (tertiary/aromatic N) is 2. The van der Waals surface area contributed by atoms with Crippen LogP contribution in [0.5, 0.6) is 0 Å². The summed E-state index contributed by atoms with van der Waals surface area (Å²) in [5.74, 6) is 0. The van der Waals surface area contributed by atoms with Crippen molar-refractivity contribution in [3.63, 3.8) is 0 Å². The summed E-state index contributed by atoms with van der Waals surface area (Å²) in [4.78, 5) is 0. The standard InChI is InChI=1S/C16H21N3/c1-2-3-13-4-8-16(9-5-13)19-11-10-15(18-19)12-17-14-6-7-14/h4-5,8-11,14,17H,2-3,6-7,12H2,1H3. The number of hydrogen-bond donors (Lipinski definition) is 1. The van der Waals surface area contributed by atoms with Gasteiger partial charge in [-0.3, -0.25) is 0 Å². The van der Waals surface area contributed by atoms with Crippen LogP contribution in [0, 0.1) is 0 Å². The second kappa shape index (κ2) is 5.57. The molecule has 3 nitrogen and oxygen atoms in total. The fourth-order valence-corrected chi connectivity index (χ4v) is 2.24. The highest BCUT2D eigenvalue weighted by molar-refractivity contribution is 5.34. The summed E-state index contributed by atoms with van der Waals surface area (Å²) in [6.07, 6.45) is 7.02. The zero-order valence-corrected chi connectivity index (χ0v) is 11.5. The average Bonchev–Trinajstić information content (AvgIpc) is 3.15. The molecule has 0 aliphatic heterocycles. The van der Waals surface area contributed by atoms with Crippen molar-refractivity contribution >= 4 is 0 Å². The topological polar surface area (TPSA) is 29.9 Å². The van der Waals surface area contributed by atoms with Gasteiger partial charge in [0.25, 0.3) is 0 Å². The van der Waals surface area contributed by atoms with Gasteiger partial charge in [0, 0.05) is 18.8 Å². The van der Waals surface area contributed by atoms with E-state index in [4.69, 9.17) is 0 Å². The number of nitrogens with one attached hydrogen (secondary N) is 1. The van der Waals surface area contributed by atoms with Gasteiger partial charge in [-0.15, -0.1) is 0 Å². The average molecular weight is 255 g/mol. The van der Waals surface area contributed by atoms with Crippen molar-refractivity contribution in [2.75, 3.05) is 0 Å². The highest BCUT2D eigenvalue weighted by Crippen LogP contribution is 2.19. The van der Waals surface area contributed by atoms with E-state index in [-0.39, 0.29) is 0 Å². The molecule has 0 atom stereocenters. The van der Waals surface area contributed by atoms with Crippen LogP contribution in [0.15, 0.2) is 36.5 Å². The van der Waals surface area contributed by atoms with Crippen LogP contribution >= 0.6 is 0 Å². The predicted molar refractivity (Wildman–Crippen MR) is 77.4 cm³/mol. The van der Waals surface area contributed by atoms with Crippen LogP contribution in [0.1, 0.15) is 37.4 Å². The molecule has 1 aliphatic rings. The lowest BCUT2D eigenvalue weighted by Gasteiger charge is -2.03. The molecule has 1 fully saturated rings. The molecule has 0 radical (unpaired) electrons. The molecule has 3 rings (SSSR count). The quantitative estimate of drug-likeness (QED) is 0.859. The van der Waals surface area contributed by atoms with Gasteiger partial charge in [0.15, 0.2) is 0 Å². The Balaban J connectivity index is 1.66. The Kier molecular flexibility index (Phi) is 3.65. The third kappa shape index (κ3) is 3.24. The minimum atomic E-state index is 0.735. The number of aryl methyl sites for hydroxylation is 1. The van der Waals surface area contributed by atoms with Gasteiger partial charge in [0.2, 0.25) is 0 Å². The molecule has 0 unspecified atom stereocenters. The number of rotatable bonds is 6. The highest BCUT2D eigenvalue weighted by Gasteiger charge is 2.20. The molecule has 0 spiro atoms. The fourth-order valence-electron chi connectivity index (χ4n) is 2.24. The second-order valence-corrected chi connectivity index (χ2v) is 5.32. The summed E-state index contributed by atoms with van der Waals surface area (Å²) in [6.45, 7) is 3.09. The van der Waals surface area contributed by atoms with Crippen molar-refractivity contribution in [2.45, 2.75) is 45.2 Å². The van der Waals surface area contributed by atoms with Crippen LogP contribution in [-0.2, 0) is 13.0 Å². The Morgan fingerprint density at radius 3 is 2.68 bits per heavy atom. The molecule has 1 heterocycles. The van der Waals surface area contributed by atoms with Gasteiger partial charge in [0.1, 0.15) is 0 Å². The maximum absolute atomic E-state index is 4.61. The zero-order chi connectivity index (χ0) is 13.1. The van der Waals surface area contributed by atoms with E-state index in [9.17, 15) is 0 Å². The summed E-state index contributed by atoms with van der Waals surface area (Å²) in [6, 6.07) is 11.5. The Morgan fingerprint density at radius 1 is 1.21 bits per heavy atom. The Bertz CT molecular complexity index is 523. The first-order valence-corrected chi connectivity index (χ1v) is 7.22. The van der Waals surface area contributed by atoms with E-state index >= 15 is 0 Å². The van der Waals surface area contributed by atoms with Crippen LogP contribution < -0.4 is 5.32 Å². The van der Waals surface area contributed by atoms with E-state index in [0.29, 0.717) is 0 Å². The summed E-state index contributed by atoms with van der Waals surface area (Å²) >= 11 is 0. The molecule has 1 aliphatic carbocycles. The van der Waals surface area contributed by atoms with Crippen LogP contribution in [-0.4, -0.2) is 15.8 Å². The minimum Gasteiger partial charge on any atom is -0.308 e. The van der Waals surface area contributed by atoms with Crippen LogP contribution in [0.25, 0.3) is 5.69 Å². The van der Waals surface area contributed by atoms with Crippen LogP contribution in [0.3, 0.4) is 0 Å². The molecule has 3 heteroatoms. The van der Waals surface area contributed by atoms with Gasteiger partial charge >= 0.3 is 0 Å². The fraction of sp³-hybridized carbons (Fsp3) is 0.438. The lowest BCUT2D eigenvalue weighted by atomic mass is 10.1. The number of aromatic nitrogens is 2. The van der Waals surface area contributed by atoms with Crippen LogP contribution in [0.2, 0.25) is 0 Å². The largest absolute Gasteiger partial charge is 0.308 e. The molecule has 0 saturated heterocycles. The first-order valence-electron chi connectivity index (χ1n) is 7.22. The molecular weight excluding hydrogens is 234 g/mol. The van der Waals surface area contributed by atoms with E-state index in [1.54, 1.807) is 0 Å². The third-order valence-electron chi connectivity index (χ3n) is 3.53. The normalized spacial score (nSPS) is 14.8. The first-order chi connectivity index (χ1) is 9.35. The molecule has 1 saturated carbocycles. The van der Waals surface area contributed by atoms with E-state index in [1.165, 1.54) is 24.8 Å². The number of benzene rings is 1. The smallest absolute Gasteiger partial charge is 0.0766 e. The SMILES string of the molecule is CCCc1ccc(-n2ccc(CNC3CC3)n2)cc1. The molecule has 0 amide bonds. The highest BCUT2D eigenvalue weighted by atomic mass is 15.3. The van der Waals surface area contributed by atoms with Gasteiger partial charge < -0.3 is 5.32 Å². The molecule has 19 heavy (non-hydrogen) atoms. The van der Waals surface area contributed by atoms with Crippen molar-refractivity contribution < 1.29 is 0 Å². The second-order valence-electron chi connectivity index (χ2n) is 5.32. The van der Waals surface area contributed by atoms with Gasteiger partial charge in [0.05, 0.1) is 11.4 Å². The van der Waals surface area contributed by atoms with E-state index < -0.39 is 0 Å². The van der Waals surface area contributed by atoms with Gasteiger partial charge in [-0.2, -0.15) is 5.10 Å². The maximum Gasteiger partial charge on any atom is 0.0766 e. The maximum atomic E-state index is 4.61. The first kappa shape index (κ1) is 12.4. The van der Waals surface area contributed by atoms with Gasteiger partial charge in [-0.1, -0.05) is 25.5 Å². The van der Waals surface area contributed by atoms with Crippen LogP contribution in [0.4, 0.5) is 0 Å².